The first-order chi connectivity index (χ1) is 5.12. The lowest BCUT2D eigenvalue weighted by Crippen LogP contribution is -2.47. The van der Waals surface area contributed by atoms with Crippen LogP contribution >= 0.6 is 0 Å². The van der Waals surface area contributed by atoms with Crippen molar-refractivity contribution in [3.05, 3.63) is 0 Å². The van der Waals surface area contributed by atoms with Crippen molar-refractivity contribution in [2.75, 3.05) is 6.54 Å². The molecule has 0 aromatic carbocycles. The minimum Gasteiger partial charge on any atom is -0.355 e. The standard InChI is InChI=1S/C8H16N2O/c1-7(11)10-6-8(9)4-2-3-5-8/h2-6,9H2,1H3,(H,10,11). The van der Waals surface area contributed by atoms with Crippen LogP contribution in [0.25, 0.3) is 0 Å². The van der Waals surface area contributed by atoms with Crippen LogP contribution in [0, 0.1) is 0 Å². The number of rotatable bonds is 2. The number of amides is 1. The van der Waals surface area contributed by atoms with Crippen molar-refractivity contribution in [1.82, 2.24) is 5.32 Å². The molecular weight excluding hydrogens is 140 g/mol. The fourth-order valence-corrected chi connectivity index (χ4v) is 1.56. The molecule has 1 rings (SSSR count). The Balaban J connectivity index is 2.28. The molecule has 64 valence electrons. The largest absolute Gasteiger partial charge is 0.355 e. The minimum atomic E-state index is -0.105. The van der Waals surface area contributed by atoms with Crippen LogP contribution in [0.5, 0.6) is 0 Å². The van der Waals surface area contributed by atoms with Gasteiger partial charge < -0.3 is 11.1 Å². The second-order valence-electron chi connectivity index (χ2n) is 3.48. The van der Waals surface area contributed by atoms with Crippen molar-refractivity contribution in [3.8, 4) is 0 Å². The van der Waals surface area contributed by atoms with Crippen molar-refractivity contribution in [2.45, 2.75) is 38.1 Å². The molecule has 3 N–H and O–H groups in total. The molecule has 0 aromatic heterocycles. The summed E-state index contributed by atoms with van der Waals surface area (Å²) in [6, 6.07) is 0. The van der Waals surface area contributed by atoms with E-state index in [-0.39, 0.29) is 11.4 Å². The van der Waals surface area contributed by atoms with E-state index in [2.05, 4.69) is 5.32 Å². The zero-order valence-corrected chi connectivity index (χ0v) is 7.02. The number of carbonyl (C=O) groups excluding carboxylic acids is 1. The fraction of sp³-hybridized carbons (Fsp3) is 0.875. The lowest BCUT2D eigenvalue weighted by molar-refractivity contribution is -0.119. The van der Waals surface area contributed by atoms with Crippen molar-refractivity contribution < 1.29 is 4.79 Å². The Morgan fingerprint density at radius 3 is 2.55 bits per heavy atom. The van der Waals surface area contributed by atoms with Gasteiger partial charge in [-0.15, -0.1) is 0 Å². The highest BCUT2D eigenvalue weighted by Crippen LogP contribution is 2.26. The third-order valence-electron chi connectivity index (χ3n) is 2.29. The van der Waals surface area contributed by atoms with Gasteiger partial charge in [0.05, 0.1) is 0 Å². The van der Waals surface area contributed by atoms with E-state index in [0.717, 1.165) is 12.8 Å². The first-order valence-corrected chi connectivity index (χ1v) is 4.16. The van der Waals surface area contributed by atoms with Gasteiger partial charge in [0.1, 0.15) is 0 Å². The summed E-state index contributed by atoms with van der Waals surface area (Å²) < 4.78 is 0. The van der Waals surface area contributed by atoms with E-state index < -0.39 is 0 Å². The lowest BCUT2D eigenvalue weighted by Gasteiger charge is -2.23. The van der Waals surface area contributed by atoms with Gasteiger partial charge in [-0.2, -0.15) is 0 Å². The van der Waals surface area contributed by atoms with E-state index in [1.54, 1.807) is 0 Å². The molecule has 0 aliphatic heterocycles. The average molecular weight is 156 g/mol. The summed E-state index contributed by atoms with van der Waals surface area (Å²) >= 11 is 0. The van der Waals surface area contributed by atoms with Crippen LogP contribution in [0.2, 0.25) is 0 Å². The van der Waals surface area contributed by atoms with Crippen LogP contribution in [0.15, 0.2) is 0 Å². The molecule has 1 amide bonds. The highest BCUT2D eigenvalue weighted by atomic mass is 16.1. The monoisotopic (exact) mass is 156 g/mol. The summed E-state index contributed by atoms with van der Waals surface area (Å²) in [7, 11) is 0. The maximum absolute atomic E-state index is 10.6. The summed E-state index contributed by atoms with van der Waals surface area (Å²) in [6.45, 7) is 2.17. The fourth-order valence-electron chi connectivity index (χ4n) is 1.56. The van der Waals surface area contributed by atoms with Gasteiger partial charge in [0.25, 0.3) is 0 Å². The van der Waals surface area contributed by atoms with E-state index in [0.29, 0.717) is 6.54 Å². The minimum absolute atomic E-state index is 0.0155. The molecule has 1 saturated carbocycles. The summed E-state index contributed by atoms with van der Waals surface area (Å²) in [4.78, 5) is 10.6. The molecule has 1 aliphatic rings. The normalized spacial score (nSPS) is 21.6. The zero-order chi connectivity index (χ0) is 8.32. The molecule has 0 radical (unpaired) electrons. The predicted molar refractivity (Wildman–Crippen MR) is 44.1 cm³/mol. The molecule has 1 aliphatic carbocycles. The topological polar surface area (TPSA) is 55.1 Å². The van der Waals surface area contributed by atoms with Gasteiger partial charge in [-0.3, -0.25) is 4.79 Å². The molecule has 3 nitrogen and oxygen atoms in total. The van der Waals surface area contributed by atoms with Crippen LogP contribution in [0.3, 0.4) is 0 Å². The molecule has 0 bridgehead atoms. The van der Waals surface area contributed by atoms with E-state index in [9.17, 15) is 4.79 Å². The molecule has 0 atom stereocenters. The van der Waals surface area contributed by atoms with Crippen molar-refractivity contribution in [2.24, 2.45) is 5.73 Å². The molecule has 0 aromatic rings. The third-order valence-corrected chi connectivity index (χ3v) is 2.29. The number of nitrogens with one attached hydrogen (secondary N) is 1. The number of carbonyl (C=O) groups is 1. The summed E-state index contributed by atoms with van der Waals surface area (Å²) in [6.07, 6.45) is 4.51. The van der Waals surface area contributed by atoms with Crippen LogP contribution in [0.4, 0.5) is 0 Å². The highest BCUT2D eigenvalue weighted by Gasteiger charge is 2.28. The molecule has 0 unspecified atom stereocenters. The zero-order valence-electron chi connectivity index (χ0n) is 7.02. The van der Waals surface area contributed by atoms with Crippen LogP contribution in [-0.2, 0) is 4.79 Å². The molecular formula is C8H16N2O. The van der Waals surface area contributed by atoms with Crippen molar-refractivity contribution >= 4 is 5.91 Å². The quantitative estimate of drug-likeness (QED) is 0.608. The van der Waals surface area contributed by atoms with E-state index in [1.165, 1.54) is 19.8 Å². The van der Waals surface area contributed by atoms with Crippen LogP contribution in [-0.4, -0.2) is 18.0 Å². The van der Waals surface area contributed by atoms with Gasteiger partial charge in [0, 0.05) is 19.0 Å². The van der Waals surface area contributed by atoms with Crippen molar-refractivity contribution in [1.29, 1.82) is 0 Å². The molecule has 0 saturated heterocycles. The van der Waals surface area contributed by atoms with Gasteiger partial charge in [-0.1, -0.05) is 12.8 Å². The second-order valence-corrected chi connectivity index (χ2v) is 3.48. The molecule has 0 heterocycles. The highest BCUT2D eigenvalue weighted by molar-refractivity contribution is 5.72. The smallest absolute Gasteiger partial charge is 0.216 e. The van der Waals surface area contributed by atoms with Gasteiger partial charge >= 0.3 is 0 Å². The Kier molecular flexibility index (Phi) is 2.49. The Bertz CT molecular complexity index is 150. The summed E-state index contributed by atoms with van der Waals surface area (Å²) in [5, 5.41) is 2.76. The number of hydrogen-bond donors (Lipinski definition) is 2. The lowest BCUT2D eigenvalue weighted by atomic mass is 9.99. The maximum atomic E-state index is 10.6. The van der Waals surface area contributed by atoms with Gasteiger partial charge in [-0.25, -0.2) is 0 Å². The third kappa shape index (κ3) is 2.50. The Morgan fingerprint density at radius 1 is 1.55 bits per heavy atom. The second kappa shape index (κ2) is 3.22. The Morgan fingerprint density at radius 2 is 2.09 bits per heavy atom. The predicted octanol–water partition coefficient (Wildman–Crippen LogP) is 0.394. The molecule has 11 heavy (non-hydrogen) atoms. The maximum Gasteiger partial charge on any atom is 0.216 e. The molecule has 3 heteroatoms. The van der Waals surface area contributed by atoms with Gasteiger partial charge in [0.2, 0.25) is 5.91 Å². The summed E-state index contributed by atoms with van der Waals surface area (Å²) in [5.41, 5.74) is 5.89. The van der Waals surface area contributed by atoms with Gasteiger partial charge in [-0.05, 0) is 12.8 Å². The molecule has 1 fully saturated rings. The van der Waals surface area contributed by atoms with E-state index in [4.69, 9.17) is 5.73 Å². The Labute approximate surface area is 67.3 Å². The first kappa shape index (κ1) is 8.53. The van der Waals surface area contributed by atoms with Crippen LogP contribution < -0.4 is 11.1 Å². The van der Waals surface area contributed by atoms with E-state index >= 15 is 0 Å². The number of nitrogens with two attached hydrogens (primary N) is 1. The van der Waals surface area contributed by atoms with E-state index in [1.807, 2.05) is 0 Å². The molecule has 0 spiro atoms. The van der Waals surface area contributed by atoms with Crippen LogP contribution in [0.1, 0.15) is 32.6 Å². The first-order valence-electron chi connectivity index (χ1n) is 4.16. The van der Waals surface area contributed by atoms with Crippen molar-refractivity contribution in [3.63, 3.8) is 0 Å². The van der Waals surface area contributed by atoms with Gasteiger partial charge in [0.15, 0.2) is 0 Å². The number of hydrogen-bond acceptors (Lipinski definition) is 2. The Hall–Kier alpha value is -0.570. The summed E-state index contributed by atoms with van der Waals surface area (Å²) in [5.74, 6) is 0.0155. The average Bonchev–Trinajstić information content (AvgIpc) is 2.33. The SMILES string of the molecule is CC(=O)NCC1(N)CCCC1.